The largest absolute Gasteiger partial charge is 0.496 e. The predicted octanol–water partition coefficient (Wildman–Crippen LogP) is 0.797. The van der Waals surface area contributed by atoms with Crippen molar-refractivity contribution in [1.29, 1.82) is 0 Å². The fourth-order valence-corrected chi connectivity index (χ4v) is 0.948. The van der Waals surface area contributed by atoms with Crippen molar-refractivity contribution in [1.82, 2.24) is 4.98 Å². The Hall–Kier alpha value is -1.78. The topological polar surface area (TPSA) is 68.7 Å². The van der Waals surface area contributed by atoms with E-state index in [1.807, 2.05) is 0 Å². The van der Waals surface area contributed by atoms with Gasteiger partial charge in [-0.3, -0.25) is 0 Å². The van der Waals surface area contributed by atoms with Crippen molar-refractivity contribution in [3.63, 3.8) is 0 Å². The summed E-state index contributed by atoms with van der Waals surface area (Å²) in [5, 5.41) is 8.81. The molecule has 13 heavy (non-hydrogen) atoms. The van der Waals surface area contributed by atoms with Gasteiger partial charge in [0.15, 0.2) is 5.56 Å². The summed E-state index contributed by atoms with van der Waals surface area (Å²) >= 11 is 0. The molecule has 5 heteroatoms. The fourth-order valence-electron chi connectivity index (χ4n) is 0.948. The molecule has 1 aromatic heterocycles. The van der Waals surface area contributed by atoms with Crippen molar-refractivity contribution < 1.29 is 19.4 Å². The molecule has 0 aromatic carbocycles. The molecule has 0 aliphatic heterocycles. The van der Waals surface area contributed by atoms with E-state index >= 15 is 0 Å². The highest BCUT2D eigenvalue weighted by Crippen LogP contribution is 2.25. The maximum atomic E-state index is 10.8. The minimum absolute atomic E-state index is 0.0480. The smallest absolute Gasteiger partial charge is 0.345 e. The first kappa shape index (κ1) is 9.31. The molecule has 0 unspecified atom stereocenters. The molecule has 0 aliphatic carbocycles. The number of hydrogen-bond acceptors (Lipinski definition) is 4. The van der Waals surface area contributed by atoms with E-state index < -0.39 is 5.97 Å². The molecule has 0 spiro atoms. The van der Waals surface area contributed by atoms with Crippen LogP contribution >= 0.6 is 0 Å². The molecule has 70 valence electrons. The normalized spacial score (nSPS) is 9.38. The van der Waals surface area contributed by atoms with Crippen LogP contribution in [0.15, 0.2) is 12.3 Å². The Morgan fingerprint density at radius 3 is 2.62 bits per heavy atom. The molecule has 0 aliphatic rings. The van der Waals surface area contributed by atoms with Gasteiger partial charge in [0.25, 0.3) is 0 Å². The minimum Gasteiger partial charge on any atom is -0.496 e. The van der Waals surface area contributed by atoms with Crippen LogP contribution in [0.4, 0.5) is 0 Å². The van der Waals surface area contributed by atoms with Crippen molar-refractivity contribution in [3.8, 4) is 11.6 Å². The molecule has 0 amide bonds. The Balaban J connectivity index is 3.29. The Bertz CT molecular complexity index is 302. The summed E-state index contributed by atoms with van der Waals surface area (Å²) in [4.78, 5) is 14.5. The first-order valence-corrected chi connectivity index (χ1v) is 3.51. The summed E-state index contributed by atoms with van der Waals surface area (Å²) in [5.74, 6) is -0.840. The number of carbonyl (C=O) groups is 1. The number of carboxylic acids is 1. The maximum Gasteiger partial charge on any atom is 0.345 e. The molecule has 1 N–H and O–H groups in total. The van der Waals surface area contributed by atoms with Gasteiger partial charge >= 0.3 is 5.97 Å². The summed E-state index contributed by atoms with van der Waals surface area (Å²) in [6.45, 7) is 0. The second-order valence-electron chi connectivity index (χ2n) is 2.20. The van der Waals surface area contributed by atoms with Crippen LogP contribution < -0.4 is 9.47 Å². The lowest BCUT2D eigenvalue weighted by atomic mass is 10.2. The van der Waals surface area contributed by atoms with Crippen LogP contribution in [0, 0.1) is 0 Å². The van der Waals surface area contributed by atoms with Crippen molar-refractivity contribution in [2.75, 3.05) is 14.2 Å². The predicted molar refractivity (Wildman–Crippen MR) is 44.3 cm³/mol. The van der Waals surface area contributed by atoms with Crippen LogP contribution in [0.1, 0.15) is 10.4 Å². The number of hydrogen-bond donors (Lipinski definition) is 1. The molecular formula is C8H9NO4. The van der Waals surface area contributed by atoms with Crippen LogP contribution in [0.2, 0.25) is 0 Å². The van der Waals surface area contributed by atoms with Gasteiger partial charge in [0.1, 0.15) is 5.75 Å². The highest BCUT2D eigenvalue weighted by molar-refractivity contribution is 5.93. The zero-order valence-corrected chi connectivity index (χ0v) is 7.27. The van der Waals surface area contributed by atoms with Gasteiger partial charge in [0.2, 0.25) is 5.88 Å². The summed E-state index contributed by atoms with van der Waals surface area (Å²) in [7, 11) is 2.75. The number of ether oxygens (including phenoxy) is 2. The first-order chi connectivity index (χ1) is 6.20. The van der Waals surface area contributed by atoms with Gasteiger partial charge in [-0.05, 0) is 6.07 Å². The molecule has 0 atom stereocenters. The summed E-state index contributed by atoms with van der Waals surface area (Å²) < 4.78 is 9.63. The highest BCUT2D eigenvalue weighted by Gasteiger charge is 2.17. The van der Waals surface area contributed by atoms with Crippen molar-refractivity contribution in [2.24, 2.45) is 0 Å². The number of nitrogens with zero attached hydrogens (tertiary/aromatic N) is 1. The van der Waals surface area contributed by atoms with Gasteiger partial charge in [0.05, 0.1) is 14.2 Å². The van der Waals surface area contributed by atoms with Crippen molar-refractivity contribution in [2.45, 2.75) is 0 Å². The van der Waals surface area contributed by atoms with E-state index in [-0.39, 0.29) is 17.2 Å². The van der Waals surface area contributed by atoms with E-state index in [0.29, 0.717) is 0 Å². The maximum absolute atomic E-state index is 10.8. The van der Waals surface area contributed by atoms with Crippen LogP contribution in [-0.2, 0) is 0 Å². The van der Waals surface area contributed by atoms with Gasteiger partial charge < -0.3 is 14.6 Å². The summed E-state index contributed by atoms with van der Waals surface area (Å²) in [6, 6.07) is 1.46. The zero-order chi connectivity index (χ0) is 9.84. The van der Waals surface area contributed by atoms with Gasteiger partial charge in [-0.15, -0.1) is 0 Å². The Kier molecular flexibility index (Phi) is 2.69. The van der Waals surface area contributed by atoms with E-state index in [0.717, 1.165) is 0 Å². The highest BCUT2D eigenvalue weighted by atomic mass is 16.5. The molecule has 0 bridgehead atoms. The molecule has 1 heterocycles. The third-order valence-electron chi connectivity index (χ3n) is 1.51. The van der Waals surface area contributed by atoms with E-state index in [9.17, 15) is 4.79 Å². The average molecular weight is 183 g/mol. The van der Waals surface area contributed by atoms with E-state index in [1.165, 1.54) is 26.5 Å². The minimum atomic E-state index is -1.12. The Morgan fingerprint density at radius 1 is 1.46 bits per heavy atom. The Morgan fingerprint density at radius 2 is 2.15 bits per heavy atom. The van der Waals surface area contributed by atoms with Crippen molar-refractivity contribution in [3.05, 3.63) is 17.8 Å². The van der Waals surface area contributed by atoms with Gasteiger partial charge in [-0.1, -0.05) is 0 Å². The molecule has 0 saturated carbocycles. The quantitative estimate of drug-likeness (QED) is 0.750. The molecule has 0 saturated heterocycles. The lowest BCUT2D eigenvalue weighted by Gasteiger charge is -2.07. The number of carboxylic acid groups (broad SMARTS) is 1. The standard InChI is InChI=1S/C8H9NO4/c1-12-5-3-4-9-7(13-2)6(5)8(10)11/h3-4H,1-2H3,(H,10,11). The van der Waals surface area contributed by atoms with E-state index in [4.69, 9.17) is 14.6 Å². The SMILES string of the molecule is COc1ccnc(OC)c1C(=O)O. The van der Waals surface area contributed by atoms with Gasteiger partial charge in [-0.25, -0.2) is 9.78 Å². The monoisotopic (exact) mass is 183 g/mol. The number of methoxy groups -OCH3 is 2. The first-order valence-electron chi connectivity index (χ1n) is 3.51. The molecule has 0 radical (unpaired) electrons. The molecule has 1 rings (SSSR count). The number of pyridine rings is 1. The third-order valence-corrected chi connectivity index (χ3v) is 1.51. The number of aromatic carboxylic acids is 1. The average Bonchev–Trinajstić information content (AvgIpc) is 2.16. The van der Waals surface area contributed by atoms with E-state index in [1.54, 1.807) is 0 Å². The lowest BCUT2D eigenvalue weighted by molar-refractivity contribution is 0.0688. The van der Waals surface area contributed by atoms with Gasteiger partial charge in [0, 0.05) is 6.20 Å². The third kappa shape index (κ3) is 1.69. The van der Waals surface area contributed by atoms with Crippen molar-refractivity contribution >= 4 is 5.97 Å². The molecule has 1 aromatic rings. The second-order valence-corrected chi connectivity index (χ2v) is 2.20. The molecular weight excluding hydrogens is 174 g/mol. The Labute approximate surface area is 74.9 Å². The molecule has 0 fully saturated rings. The van der Waals surface area contributed by atoms with Crippen LogP contribution in [0.5, 0.6) is 11.6 Å². The van der Waals surface area contributed by atoms with Crippen LogP contribution in [0.3, 0.4) is 0 Å². The summed E-state index contributed by atoms with van der Waals surface area (Å²) in [5.41, 5.74) is -0.0625. The number of aromatic nitrogens is 1. The lowest BCUT2D eigenvalue weighted by Crippen LogP contribution is -2.04. The fraction of sp³-hybridized carbons (Fsp3) is 0.250. The number of rotatable bonds is 3. The van der Waals surface area contributed by atoms with Gasteiger partial charge in [-0.2, -0.15) is 0 Å². The molecule has 5 nitrogen and oxygen atoms in total. The summed E-state index contributed by atoms with van der Waals surface area (Å²) in [6.07, 6.45) is 1.42. The van der Waals surface area contributed by atoms with Crippen LogP contribution in [0.25, 0.3) is 0 Å². The second kappa shape index (κ2) is 3.75. The van der Waals surface area contributed by atoms with E-state index in [2.05, 4.69) is 4.98 Å². The zero-order valence-electron chi connectivity index (χ0n) is 7.27. The van der Waals surface area contributed by atoms with Crippen LogP contribution in [-0.4, -0.2) is 30.3 Å².